The van der Waals surface area contributed by atoms with Gasteiger partial charge in [-0.25, -0.2) is 0 Å². The second kappa shape index (κ2) is 5.63. The van der Waals surface area contributed by atoms with E-state index < -0.39 is 6.10 Å². The van der Waals surface area contributed by atoms with E-state index in [9.17, 15) is 14.7 Å². The number of carbonyl (C=O) groups excluding carboxylic acids is 2. The van der Waals surface area contributed by atoms with E-state index in [0.29, 0.717) is 22.3 Å². The molecule has 1 aliphatic carbocycles. The Kier molecular flexibility index (Phi) is 3.81. The maximum absolute atomic E-state index is 12.7. The number of halogens is 1. The third-order valence-corrected chi connectivity index (χ3v) is 4.39. The first-order valence-corrected chi connectivity index (χ1v) is 7.62. The number of carbonyl (C=O) groups is 2. The van der Waals surface area contributed by atoms with Crippen molar-refractivity contribution in [3.8, 4) is 0 Å². The standard InChI is InChI=1S/C18H13BrO3/c1-10-15(17(21)11-6-8-12(19)9-7-11)18(22)14-5-3-2-4-13(14)16(10)20/h2-9,17,21H,1H3. The summed E-state index contributed by atoms with van der Waals surface area (Å²) in [6.07, 6.45) is -1.11. The summed E-state index contributed by atoms with van der Waals surface area (Å²) in [5.41, 5.74) is 1.80. The molecule has 0 bridgehead atoms. The van der Waals surface area contributed by atoms with E-state index in [0.717, 1.165) is 4.47 Å². The fourth-order valence-corrected chi connectivity index (χ4v) is 2.92. The molecular formula is C18H13BrO3. The lowest BCUT2D eigenvalue weighted by Crippen LogP contribution is -2.24. The van der Waals surface area contributed by atoms with E-state index in [4.69, 9.17) is 0 Å². The molecular weight excluding hydrogens is 344 g/mol. The highest BCUT2D eigenvalue weighted by Crippen LogP contribution is 2.34. The summed E-state index contributed by atoms with van der Waals surface area (Å²) in [5.74, 6) is -0.496. The molecule has 0 amide bonds. The first-order valence-electron chi connectivity index (χ1n) is 6.83. The summed E-state index contributed by atoms with van der Waals surface area (Å²) in [6, 6.07) is 13.7. The van der Waals surface area contributed by atoms with Gasteiger partial charge in [-0.2, -0.15) is 0 Å². The van der Waals surface area contributed by atoms with Crippen LogP contribution in [0.3, 0.4) is 0 Å². The van der Waals surface area contributed by atoms with Gasteiger partial charge in [0.2, 0.25) is 0 Å². The highest BCUT2D eigenvalue weighted by Gasteiger charge is 2.33. The molecule has 1 unspecified atom stereocenters. The molecule has 1 atom stereocenters. The fourth-order valence-electron chi connectivity index (χ4n) is 2.66. The maximum atomic E-state index is 12.7. The van der Waals surface area contributed by atoms with Crippen molar-refractivity contribution >= 4 is 27.5 Å². The van der Waals surface area contributed by atoms with Crippen molar-refractivity contribution in [3.63, 3.8) is 0 Å². The molecule has 0 aliphatic heterocycles. The van der Waals surface area contributed by atoms with Crippen LogP contribution in [-0.4, -0.2) is 16.7 Å². The highest BCUT2D eigenvalue weighted by atomic mass is 79.9. The van der Waals surface area contributed by atoms with Crippen molar-refractivity contribution in [2.45, 2.75) is 13.0 Å². The van der Waals surface area contributed by atoms with Crippen molar-refractivity contribution in [1.82, 2.24) is 0 Å². The van der Waals surface area contributed by atoms with E-state index in [1.807, 2.05) is 0 Å². The van der Waals surface area contributed by atoms with Crippen molar-refractivity contribution in [2.75, 3.05) is 0 Å². The summed E-state index contributed by atoms with van der Waals surface area (Å²) >= 11 is 3.33. The number of ketones is 2. The molecule has 1 N–H and O–H groups in total. The van der Waals surface area contributed by atoms with Crippen LogP contribution in [0.5, 0.6) is 0 Å². The topological polar surface area (TPSA) is 54.4 Å². The molecule has 1 aliphatic rings. The third-order valence-electron chi connectivity index (χ3n) is 3.86. The summed E-state index contributed by atoms with van der Waals surface area (Å²) in [5, 5.41) is 10.6. The first kappa shape index (κ1) is 14.9. The van der Waals surface area contributed by atoms with Gasteiger partial charge in [0.1, 0.15) is 6.10 Å². The van der Waals surface area contributed by atoms with Crippen LogP contribution in [-0.2, 0) is 0 Å². The Labute approximate surface area is 136 Å². The van der Waals surface area contributed by atoms with E-state index in [-0.39, 0.29) is 17.1 Å². The number of aliphatic hydroxyl groups excluding tert-OH is 1. The molecule has 110 valence electrons. The van der Waals surface area contributed by atoms with E-state index >= 15 is 0 Å². The van der Waals surface area contributed by atoms with Crippen LogP contribution in [0.4, 0.5) is 0 Å². The summed E-state index contributed by atoms with van der Waals surface area (Å²) < 4.78 is 0.880. The number of fused-ring (bicyclic) bond motifs is 1. The van der Waals surface area contributed by atoms with Crippen LogP contribution < -0.4 is 0 Å². The van der Waals surface area contributed by atoms with Crippen LogP contribution in [0.2, 0.25) is 0 Å². The molecule has 0 spiro atoms. The van der Waals surface area contributed by atoms with E-state index in [1.54, 1.807) is 55.5 Å². The normalized spacial score (nSPS) is 15.8. The summed E-state index contributed by atoms with van der Waals surface area (Å²) in [6.45, 7) is 1.59. The average molecular weight is 357 g/mol. The smallest absolute Gasteiger partial charge is 0.193 e. The second-order valence-electron chi connectivity index (χ2n) is 5.20. The molecule has 0 fully saturated rings. The van der Waals surface area contributed by atoms with Crippen LogP contribution in [0.1, 0.15) is 39.3 Å². The lowest BCUT2D eigenvalue weighted by molar-refractivity contribution is 0.0937. The lowest BCUT2D eigenvalue weighted by Gasteiger charge is -2.22. The molecule has 3 rings (SSSR count). The molecule has 0 saturated heterocycles. The number of benzene rings is 2. The Balaban J connectivity index is 2.10. The van der Waals surface area contributed by atoms with Gasteiger partial charge in [0.05, 0.1) is 0 Å². The van der Waals surface area contributed by atoms with Crippen molar-refractivity contribution in [3.05, 3.63) is 80.8 Å². The predicted octanol–water partition coefficient (Wildman–Crippen LogP) is 3.88. The number of allylic oxidation sites excluding steroid dienone is 1. The Morgan fingerprint density at radius 3 is 2.05 bits per heavy atom. The average Bonchev–Trinajstić information content (AvgIpc) is 2.53. The second-order valence-corrected chi connectivity index (χ2v) is 6.11. The maximum Gasteiger partial charge on any atom is 0.193 e. The van der Waals surface area contributed by atoms with Gasteiger partial charge in [0.25, 0.3) is 0 Å². The lowest BCUT2D eigenvalue weighted by atomic mass is 9.81. The van der Waals surface area contributed by atoms with Gasteiger partial charge in [0.15, 0.2) is 11.6 Å². The number of aliphatic hydroxyl groups is 1. The number of hydrogen-bond acceptors (Lipinski definition) is 3. The molecule has 3 nitrogen and oxygen atoms in total. The van der Waals surface area contributed by atoms with Crippen LogP contribution in [0.15, 0.2) is 64.1 Å². The SMILES string of the molecule is CC1=C(C(O)c2ccc(Br)cc2)C(=O)c2ccccc2C1=O. The van der Waals surface area contributed by atoms with Gasteiger partial charge in [-0.3, -0.25) is 9.59 Å². The van der Waals surface area contributed by atoms with Gasteiger partial charge in [-0.1, -0.05) is 52.3 Å². The monoisotopic (exact) mass is 356 g/mol. The van der Waals surface area contributed by atoms with Gasteiger partial charge in [0, 0.05) is 26.7 Å². The minimum Gasteiger partial charge on any atom is -0.383 e. The minimum absolute atomic E-state index is 0.158. The zero-order chi connectivity index (χ0) is 15.9. The molecule has 2 aromatic rings. The first-order chi connectivity index (χ1) is 10.5. The molecule has 0 radical (unpaired) electrons. The molecule has 0 saturated carbocycles. The Bertz CT molecular complexity index is 803. The minimum atomic E-state index is -1.11. The zero-order valence-corrected chi connectivity index (χ0v) is 13.4. The third kappa shape index (κ3) is 2.34. The Hall–Kier alpha value is -2.04. The zero-order valence-electron chi connectivity index (χ0n) is 11.8. The largest absolute Gasteiger partial charge is 0.383 e. The quantitative estimate of drug-likeness (QED) is 0.888. The highest BCUT2D eigenvalue weighted by molar-refractivity contribution is 9.10. The van der Waals surface area contributed by atoms with Crippen molar-refractivity contribution in [2.24, 2.45) is 0 Å². The molecule has 0 aromatic heterocycles. The molecule has 0 heterocycles. The van der Waals surface area contributed by atoms with E-state index in [2.05, 4.69) is 15.9 Å². The molecule has 4 heteroatoms. The summed E-state index contributed by atoms with van der Waals surface area (Å²) in [7, 11) is 0. The number of Topliss-reactive ketones (excluding diaryl/α,β-unsaturated/α-hetero) is 2. The molecule has 22 heavy (non-hydrogen) atoms. The molecule has 2 aromatic carbocycles. The van der Waals surface area contributed by atoms with Gasteiger partial charge in [-0.05, 0) is 24.6 Å². The van der Waals surface area contributed by atoms with E-state index in [1.165, 1.54) is 0 Å². The van der Waals surface area contributed by atoms with Gasteiger partial charge in [-0.15, -0.1) is 0 Å². The van der Waals surface area contributed by atoms with Gasteiger partial charge >= 0.3 is 0 Å². The fraction of sp³-hybridized carbons (Fsp3) is 0.111. The summed E-state index contributed by atoms with van der Waals surface area (Å²) in [4.78, 5) is 25.1. The number of hydrogen-bond donors (Lipinski definition) is 1. The van der Waals surface area contributed by atoms with Crippen LogP contribution >= 0.6 is 15.9 Å². The van der Waals surface area contributed by atoms with Crippen LogP contribution in [0.25, 0.3) is 0 Å². The Morgan fingerprint density at radius 1 is 0.909 bits per heavy atom. The predicted molar refractivity (Wildman–Crippen MR) is 86.9 cm³/mol. The van der Waals surface area contributed by atoms with Gasteiger partial charge < -0.3 is 5.11 Å². The van der Waals surface area contributed by atoms with Crippen molar-refractivity contribution in [1.29, 1.82) is 0 Å². The number of rotatable bonds is 2. The van der Waals surface area contributed by atoms with Crippen molar-refractivity contribution < 1.29 is 14.7 Å². The Morgan fingerprint density at radius 2 is 1.45 bits per heavy atom. The van der Waals surface area contributed by atoms with Crippen LogP contribution in [0, 0.1) is 0 Å².